The van der Waals surface area contributed by atoms with Gasteiger partial charge in [-0.15, -0.1) is 10.2 Å². The highest BCUT2D eigenvalue weighted by Gasteiger charge is 2.30. The lowest BCUT2D eigenvalue weighted by molar-refractivity contribution is -0.137. The number of rotatable bonds is 6. The number of benzene rings is 1. The Balaban J connectivity index is 1.44. The van der Waals surface area contributed by atoms with E-state index in [2.05, 4.69) is 15.5 Å². The first-order chi connectivity index (χ1) is 12.4. The van der Waals surface area contributed by atoms with Gasteiger partial charge in [-0.25, -0.2) is 0 Å². The van der Waals surface area contributed by atoms with Crippen LogP contribution in [0.25, 0.3) is 5.65 Å². The molecule has 0 aliphatic heterocycles. The van der Waals surface area contributed by atoms with Gasteiger partial charge >= 0.3 is 6.18 Å². The maximum atomic E-state index is 12.5. The predicted molar refractivity (Wildman–Crippen MR) is 86.6 cm³/mol. The first-order valence-electron chi connectivity index (χ1n) is 7.79. The molecule has 3 rings (SSSR count). The van der Waals surface area contributed by atoms with E-state index in [1.165, 1.54) is 12.1 Å². The van der Waals surface area contributed by atoms with E-state index in [0.717, 1.165) is 17.8 Å². The van der Waals surface area contributed by atoms with Gasteiger partial charge in [0.05, 0.1) is 5.56 Å². The van der Waals surface area contributed by atoms with Crippen LogP contribution in [-0.2, 0) is 17.4 Å². The number of carbonyl (C=O) groups excluding carboxylic acids is 1. The van der Waals surface area contributed by atoms with Gasteiger partial charge in [0.1, 0.15) is 11.6 Å². The summed E-state index contributed by atoms with van der Waals surface area (Å²) >= 11 is 0. The minimum Gasteiger partial charge on any atom is -0.484 e. The van der Waals surface area contributed by atoms with Crippen molar-refractivity contribution in [1.29, 1.82) is 0 Å². The summed E-state index contributed by atoms with van der Waals surface area (Å²) in [5.74, 6) is 0.528. The number of carbonyl (C=O) groups is 1. The number of hydrogen-bond acceptors (Lipinski definition) is 4. The predicted octanol–water partition coefficient (Wildman–Crippen LogP) is 2.49. The van der Waals surface area contributed by atoms with Crippen molar-refractivity contribution in [3.63, 3.8) is 0 Å². The molecule has 1 amide bonds. The number of fused-ring (bicyclic) bond motifs is 1. The highest BCUT2D eigenvalue weighted by molar-refractivity contribution is 5.77. The van der Waals surface area contributed by atoms with Crippen LogP contribution in [0.4, 0.5) is 13.2 Å². The number of ether oxygens (including phenoxy) is 1. The molecule has 0 spiro atoms. The second-order valence-electron chi connectivity index (χ2n) is 5.46. The zero-order valence-corrected chi connectivity index (χ0v) is 13.5. The van der Waals surface area contributed by atoms with Crippen LogP contribution < -0.4 is 10.1 Å². The normalized spacial score (nSPS) is 11.5. The summed E-state index contributed by atoms with van der Waals surface area (Å²) in [7, 11) is 0. The molecule has 0 fully saturated rings. The molecule has 136 valence electrons. The first kappa shape index (κ1) is 17.7. The zero-order chi connectivity index (χ0) is 18.6. The summed E-state index contributed by atoms with van der Waals surface area (Å²) in [4.78, 5) is 11.8. The van der Waals surface area contributed by atoms with Crippen molar-refractivity contribution in [2.45, 2.75) is 12.6 Å². The monoisotopic (exact) mass is 364 g/mol. The van der Waals surface area contributed by atoms with E-state index < -0.39 is 11.7 Å². The fraction of sp³-hybridized carbons (Fsp3) is 0.235. The molecule has 0 radical (unpaired) electrons. The van der Waals surface area contributed by atoms with E-state index in [1.807, 2.05) is 28.8 Å². The molecule has 6 nitrogen and oxygen atoms in total. The molecule has 0 saturated carbocycles. The fourth-order valence-electron chi connectivity index (χ4n) is 2.32. The third kappa shape index (κ3) is 4.29. The SMILES string of the molecule is O=C(COc1ccc(C(F)(F)F)cc1)NCCc1nnc2ccccn12. The molecule has 0 saturated heterocycles. The summed E-state index contributed by atoms with van der Waals surface area (Å²) in [6.45, 7) is 0.0524. The molecule has 26 heavy (non-hydrogen) atoms. The Kier molecular flexibility index (Phi) is 5.06. The van der Waals surface area contributed by atoms with Crippen LogP contribution >= 0.6 is 0 Å². The molecule has 0 aliphatic rings. The first-order valence-corrected chi connectivity index (χ1v) is 7.79. The quantitative estimate of drug-likeness (QED) is 0.730. The van der Waals surface area contributed by atoms with Gasteiger partial charge in [0.25, 0.3) is 5.91 Å². The highest BCUT2D eigenvalue weighted by Crippen LogP contribution is 2.30. The molecule has 2 aromatic heterocycles. The van der Waals surface area contributed by atoms with Crippen LogP contribution in [0.15, 0.2) is 48.7 Å². The number of halogens is 3. The van der Waals surface area contributed by atoms with Crippen molar-refractivity contribution < 1.29 is 22.7 Å². The smallest absolute Gasteiger partial charge is 0.416 e. The van der Waals surface area contributed by atoms with Gasteiger partial charge in [0.2, 0.25) is 0 Å². The van der Waals surface area contributed by atoms with Gasteiger partial charge in [0, 0.05) is 19.2 Å². The molecule has 1 N–H and O–H groups in total. The second kappa shape index (κ2) is 7.42. The molecule has 1 aromatic carbocycles. The molecule has 0 unspecified atom stereocenters. The highest BCUT2D eigenvalue weighted by atomic mass is 19.4. The van der Waals surface area contributed by atoms with Crippen LogP contribution in [0.5, 0.6) is 5.75 Å². The summed E-state index contributed by atoms with van der Waals surface area (Å²) in [6, 6.07) is 9.71. The van der Waals surface area contributed by atoms with E-state index in [4.69, 9.17) is 4.74 Å². The standard InChI is InChI=1S/C17H15F3N4O2/c18-17(19,20)12-4-6-13(7-5-12)26-11-16(25)21-9-8-15-23-22-14-3-1-2-10-24(14)15/h1-7,10H,8-9,11H2,(H,21,25). The lowest BCUT2D eigenvalue weighted by Crippen LogP contribution is -2.30. The van der Waals surface area contributed by atoms with Crippen LogP contribution in [-0.4, -0.2) is 33.7 Å². The fourth-order valence-corrected chi connectivity index (χ4v) is 2.32. The molecule has 2 heterocycles. The van der Waals surface area contributed by atoms with Crippen LogP contribution in [0, 0.1) is 0 Å². The van der Waals surface area contributed by atoms with E-state index in [0.29, 0.717) is 18.8 Å². The Bertz CT molecular complexity index is 891. The number of alkyl halides is 3. The Morgan fingerprint density at radius 3 is 2.62 bits per heavy atom. The van der Waals surface area contributed by atoms with Gasteiger partial charge in [-0.1, -0.05) is 6.07 Å². The number of hydrogen-bond donors (Lipinski definition) is 1. The Hall–Kier alpha value is -3.10. The molecular formula is C17H15F3N4O2. The molecular weight excluding hydrogens is 349 g/mol. The van der Waals surface area contributed by atoms with Gasteiger partial charge in [-0.05, 0) is 36.4 Å². The summed E-state index contributed by atoms with van der Waals surface area (Å²) in [5.41, 5.74) is -0.0469. The minimum absolute atomic E-state index is 0.191. The van der Waals surface area contributed by atoms with Crippen molar-refractivity contribution >= 4 is 11.6 Å². The average molecular weight is 364 g/mol. The van der Waals surface area contributed by atoms with Crippen molar-refractivity contribution in [3.05, 3.63) is 60.0 Å². The summed E-state index contributed by atoms with van der Waals surface area (Å²) in [6.07, 6.45) is -2.08. The lowest BCUT2D eigenvalue weighted by Gasteiger charge is -2.09. The maximum absolute atomic E-state index is 12.5. The van der Waals surface area contributed by atoms with Gasteiger partial charge < -0.3 is 10.1 Å². The van der Waals surface area contributed by atoms with E-state index in [-0.39, 0.29) is 18.3 Å². The van der Waals surface area contributed by atoms with Crippen molar-refractivity contribution in [3.8, 4) is 5.75 Å². The number of nitrogens with one attached hydrogen (secondary N) is 1. The summed E-state index contributed by atoms with van der Waals surface area (Å²) < 4.78 is 44.4. The van der Waals surface area contributed by atoms with Gasteiger partial charge in [-0.3, -0.25) is 9.20 Å². The van der Waals surface area contributed by atoms with Crippen molar-refractivity contribution in [2.24, 2.45) is 0 Å². The van der Waals surface area contributed by atoms with Gasteiger partial charge in [-0.2, -0.15) is 13.2 Å². The molecule has 0 bridgehead atoms. The van der Waals surface area contributed by atoms with E-state index in [1.54, 1.807) is 0 Å². The molecule has 0 aliphatic carbocycles. The van der Waals surface area contributed by atoms with Crippen molar-refractivity contribution in [1.82, 2.24) is 19.9 Å². The van der Waals surface area contributed by atoms with Gasteiger partial charge in [0.15, 0.2) is 12.3 Å². The topological polar surface area (TPSA) is 68.5 Å². The van der Waals surface area contributed by atoms with E-state index in [9.17, 15) is 18.0 Å². The third-order valence-corrected chi connectivity index (χ3v) is 3.61. The van der Waals surface area contributed by atoms with Crippen molar-refractivity contribution in [2.75, 3.05) is 13.2 Å². The summed E-state index contributed by atoms with van der Waals surface area (Å²) in [5, 5.41) is 10.7. The molecule has 9 heteroatoms. The maximum Gasteiger partial charge on any atom is 0.416 e. The Morgan fingerprint density at radius 2 is 1.88 bits per heavy atom. The van der Waals surface area contributed by atoms with E-state index >= 15 is 0 Å². The second-order valence-corrected chi connectivity index (χ2v) is 5.46. The number of pyridine rings is 1. The number of amides is 1. The number of aromatic nitrogens is 3. The average Bonchev–Trinajstić information content (AvgIpc) is 3.03. The molecule has 3 aromatic rings. The Morgan fingerprint density at radius 1 is 1.12 bits per heavy atom. The lowest BCUT2D eigenvalue weighted by atomic mass is 10.2. The van der Waals surface area contributed by atoms with Crippen LogP contribution in [0.2, 0.25) is 0 Å². The Labute approximate surface area is 146 Å². The zero-order valence-electron chi connectivity index (χ0n) is 13.5. The molecule has 0 atom stereocenters. The van der Waals surface area contributed by atoms with Crippen LogP contribution in [0.1, 0.15) is 11.4 Å². The minimum atomic E-state index is -4.40. The number of nitrogens with zero attached hydrogens (tertiary/aromatic N) is 3. The van der Waals surface area contributed by atoms with Crippen LogP contribution in [0.3, 0.4) is 0 Å². The third-order valence-electron chi connectivity index (χ3n) is 3.61. The largest absolute Gasteiger partial charge is 0.484 e.